The minimum atomic E-state index is -0.114. The Balaban J connectivity index is 1.99. The van der Waals surface area contributed by atoms with Gasteiger partial charge < -0.3 is 5.11 Å². The first kappa shape index (κ1) is 15.2. The lowest BCUT2D eigenvalue weighted by molar-refractivity contribution is 0.151. The van der Waals surface area contributed by atoms with E-state index in [-0.39, 0.29) is 6.10 Å². The molecule has 102 valence electrons. The molecular formula is C17H28O. The Labute approximate surface area is 112 Å². The molecular weight excluding hydrogens is 220 g/mol. The molecule has 1 rings (SSSR count). The van der Waals surface area contributed by atoms with Crippen molar-refractivity contribution in [3.8, 4) is 0 Å². The standard InChI is InChI=1S/C17H28O/c1-2-3-4-5-6-10-13-17(18)15-14-16-11-8-7-9-12-16/h7-9,11-12,17-18H,2-6,10,13-15H2,1H3. The van der Waals surface area contributed by atoms with Gasteiger partial charge in [0.25, 0.3) is 0 Å². The third kappa shape index (κ3) is 7.50. The largest absolute Gasteiger partial charge is 0.393 e. The van der Waals surface area contributed by atoms with Gasteiger partial charge in [0.05, 0.1) is 6.10 Å². The monoisotopic (exact) mass is 248 g/mol. The number of hydrogen-bond acceptors (Lipinski definition) is 1. The zero-order valence-corrected chi connectivity index (χ0v) is 11.8. The van der Waals surface area contributed by atoms with Gasteiger partial charge in [0.15, 0.2) is 0 Å². The van der Waals surface area contributed by atoms with Crippen LogP contribution in [0.15, 0.2) is 30.3 Å². The van der Waals surface area contributed by atoms with Gasteiger partial charge in [-0.15, -0.1) is 0 Å². The Morgan fingerprint density at radius 1 is 0.889 bits per heavy atom. The summed E-state index contributed by atoms with van der Waals surface area (Å²) in [5, 5.41) is 9.91. The molecule has 1 nitrogen and oxygen atoms in total. The average Bonchev–Trinajstić information content (AvgIpc) is 2.41. The van der Waals surface area contributed by atoms with Crippen LogP contribution in [-0.4, -0.2) is 11.2 Å². The molecule has 0 amide bonds. The van der Waals surface area contributed by atoms with Crippen LogP contribution in [0.2, 0.25) is 0 Å². The van der Waals surface area contributed by atoms with Crippen molar-refractivity contribution in [2.45, 2.75) is 70.8 Å². The van der Waals surface area contributed by atoms with Gasteiger partial charge in [-0.2, -0.15) is 0 Å². The quantitative estimate of drug-likeness (QED) is 0.593. The van der Waals surface area contributed by atoms with Gasteiger partial charge in [0.2, 0.25) is 0 Å². The maximum atomic E-state index is 9.91. The molecule has 1 aromatic rings. The second-order valence-corrected chi connectivity index (χ2v) is 5.23. The van der Waals surface area contributed by atoms with Crippen LogP contribution in [0.5, 0.6) is 0 Å². The van der Waals surface area contributed by atoms with Gasteiger partial charge in [-0.3, -0.25) is 0 Å². The van der Waals surface area contributed by atoms with Gasteiger partial charge in [0, 0.05) is 0 Å². The van der Waals surface area contributed by atoms with Crippen molar-refractivity contribution in [1.29, 1.82) is 0 Å². The van der Waals surface area contributed by atoms with Gasteiger partial charge in [-0.1, -0.05) is 75.8 Å². The smallest absolute Gasteiger partial charge is 0.0543 e. The van der Waals surface area contributed by atoms with Crippen LogP contribution in [0.25, 0.3) is 0 Å². The number of rotatable bonds is 10. The molecule has 1 heteroatoms. The Kier molecular flexibility index (Phi) is 8.58. The van der Waals surface area contributed by atoms with E-state index < -0.39 is 0 Å². The molecule has 0 bridgehead atoms. The average molecular weight is 248 g/mol. The summed E-state index contributed by atoms with van der Waals surface area (Å²) in [7, 11) is 0. The third-order valence-corrected chi connectivity index (χ3v) is 3.50. The van der Waals surface area contributed by atoms with Crippen LogP contribution in [0.1, 0.15) is 63.9 Å². The Hall–Kier alpha value is -0.820. The molecule has 0 radical (unpaired) electrons. The Morgan fingerprint density at radius 2 is 1.56 bits per heavy atom. The molecule has 18 heavy (non-hydrogen) atoms. The molecule has 1 atom stereocenters. The summed E-state index contributed by atoms with van der Waals surface area (Å²) in [5.74, 6) is 0. The van der Waals surface area contributed by atoms with E-state index in [9.17, 15) is 5.11 Å². The lowest BCUT2D eigenvalue weighted by atomic mass is 10.0. The summed E-state index contributed by atoms with van der Waals surface area (Å²) >= 11 is 0. The van der Waals surface area contributed by atoms with E-state index in [1.54, 1.807) is 0 Å². The van der Waals surface area contributed by atoms with Crippen molar-refractivity contribution in [2.24, 2.45) is 0 Å². The first-order chi connectivity index (χ1) is 8.83. The lowest BCUT2D eigenvalue weighted by Crippen LogP contribution is -2.07. The number of benzene rings is 1. The Bertz CT molecular complexity index is 281. The molecule has 0 spiro atoms. The third-order valence-electron chi connectivity index (χ3n) is 3.50. The summed E-state index contributed by atoms with van der Waals surface area (Å²) in [6.45, 7) is 2.24. The molecule has 0 aliphatic rings. The van der Waals surface area contributed by atoms with Gasteiger partial charge >= 0.3 is 0 Å². The highest BCUT2D eigenvalue weighted by molar-refractivity contribution is 5.14. The summed E-state index contributed by atoms with van der Waals surface area (Å²) in [4.78, 5) is 0. The van der Waals surface area contributed by atoms with Crippen molar-refractivity contribution in [2.75, 3.05) is 0 Å². The van der Waals surface area contributed by atoms with E-state index in [0.29, 0.717) is 0 Å². The minimum Gasteiger partial charge on any atom is -0.393 e. The fourth-order valence-electron chi connectivity index (χ4n) is 2.28. The zero-order chi connectivity index (χ0) is 13.1. The van der Waals surface area contributed by atoms with Crippen molar-refractivity contribution >= 4 is 0 Å². The molecule has 0 heterocycles. The van der Waals surface area contributed by atoms with E-state index >= 15 is 0 Å². The maximum Gasteiger partial charge on any atom is 0.0543 e. The minimum absolute atomic E-state index is 0.114. The van der Waals surface area contributed by atoms with Crippen LogP contribution in [0.4, 0.5) is 0 Å². The fraction of sp³-hybridized carbons (Fsp3) is 0.647. The van der Waals surface area contributed by atoms with Gasteiger partial charge in [0.1, 0.15) is 0 Å². The topological polar surface area (TPSA) is 20.2 Å². The summed E-state index contributed by atoms with van der Waals surface area (Å²) < 4.78 is 0. The van der Waals surface area contributed by atoms with Crippen LogP contribution >= 0.6 is 0 Å². The van der Waals surface area contributed by atoms with E-state index in [1.807, 2.05) is 6.07 Å². The molecule has 0 aromatic heterocycles. The predicted octanol–water partition coefficient (Wildman–Crippen LogP) is 4.73. The lowest BCUT2D eigenvalue weighted by Gasteiger charge is -2.10. The maximum absolute atomic E-state index is 9.91. The first-order valence-electron chi connectivity index (χ1n) is 7.55. The SMILES string of the molecule is CCCCCCCCC(O)CCc1ccccc1. The fourth-order valence-corrected chi connectivity index (χ4v) is 2.28. The predicted molar refractivity (Wildman–Crippen MR) is 78.8 cm³/mol. The highest BCUT2D eigenvalue weighted by Gasteiger charge is 2.04. The number of unbranched alkanes of at least 4 members (excludes halogenated alkanes) is 5. The van der Waals surface area contributed by atoms with E-state index in [0.717, 1.165) is 19.3 Å². The van der Waals surface area contributed by atoms with Crippen molar-refractivity contribution in [3.63, 3.8) is 0 Å². The normalized spacial score (nSPS) is 12.6. The molecule has 0 saturated heterocycles. The molecule has 0 fully saturated rings. The molecule has 0 saturated carbocycles. The molecule has 1 unspecified atom stereocenters. The highest BCUT2D eigenvalue weighted by atomic mass is 16.3. The molecule has 0 aliphatic carbocycles. The van der Waals surface area contributed by atoms with Crippen LogP contribution in [-0.2, 0) is 6.42 Å². The van der Waals surface area contributed by atoms with Crippen LogP contribution in [0.3, 0.4) is 0 Å². The number of aryl methyl sites for hydroxylation is 1. The van der Waals surface area contributed by atoms with Gasteiger partial charge in [-0.25, -0.2) is 0 Å². The summed E-state index contributed by atoms with van der Waals surface area (Å²) in [5.41, 5.74) is 1.33. The first-order valence-corrected chi connectivity index (χ1v) is 7.55. The molecule has 1 aromatic carbocycles. The molecule has 0 aliphatic heterocycles. The second kappa shape index (κ2) is 10.1. The van der Waals surface area contributed by atoms with Crippen LogP contribution < -0.4 is 0 Å². The number of hydrogen-bond donors (Lipinski definition) is 1. The summed E-state index contributed by atoms with van der Waals surface area (Å²) in [6.07, 6.45) is 10.6. The zero-order valence-electron chi connectivity index (χ0n) is 11.8. The van der Waals surface area contributed by atoms with Gasteiger partial charge in [-0.05, 0) is 24.8 Å². The number of aliphatic hydroxyl groups excluding tert-OH is 1. The Morgan fingerprint density at radius 3 is 2.28 bits per heavy atom. The summed E-state index contributed by atoms with van der Waals surface area (Å²) in [6, 6.07) is 10.4. The highest BCUT2D eigenvalue weighted by Crippen LogP contribution is 2.12. The number of aliphatic hydroxyl groups is 1. The van der Waals surface area contributed by atoms with E-state index in [2.05, 4.69) is 31.2 Å². The van der Waals surface area contributed by atoms with Crippen molar-refractivity contribution < 1.29 is 5.11 Å². The van der Waals surface area contributed by atoms with E-state index in [1.165, 1.54) is 44.1 Å². The molecule has 1 N–H and O–H groups in total. The van der Waals surface area contributed by atoms with E-state index in [4.69, 9.17) is 0 Å². The van der Waals surface area contributed by atoms with Crippen molar-refractivity contribution in [1.82, 2.24) is 0 Å². The van der Waals surface area contributed by atoms with Crippen LogP contribution in [0, 0.1) is 0 Å². The second-order valence-electron chi connectivity index (χ2n) is 5.23. The van der Waals surface area contributed by atoms with Crippen molar-refractivity contribution in [3.05, 3.63) is 35.9 Å².